The van der Waals surface area contributed by atoms with Gasteiger partial charge >= 0.3 is 0 Å². The Morgan fingerprint density at radius 1 is 1.00 bits per heavy atom. The minimum Gasteiger partial charge on any atom is -0.392 e. The van der Waals surface area contributed by atoms with Crippen LogP contribution in [-0.2, 0) is 13.0 Å². The van der Waals surface area contributed by atoms with Gasteiger partial charge < -0.3 is 5.11 Å². The summed E-state index contributed by atoms with van der Waals surface area (Å²) in [6, 6.07) is 3.64. The molecule has 1 rings (SSSR count). The van der Waals surface area contributed by atoms with Crippen LogP contribution < -0.4 is 0 Å². The molecular formula is C13H18Cl2O. The zero-order valence-electron chi connectivity index (χ0n) is 9.60. The van der Waals surface area contributed by atoms with Gasteiger partial charge in [-0.25, -0.2) is 0 Å². The summed E-state index contributed by atoms with van der Waals surface area (Å²) in [7, 11) is 0. The Balaban J connectivity index is 2.63. The van der Waals surface area contributed by atoms with Crippen molar-refractivity contribution in [2.45, 2.75) is 45.6 Å². The lowest BCUT2D eigenvalue weighted by Crippen LogP contribution is -1.92. The molecule has 1 nitrogen and oxygen atoms in total. The van der Waals surface area contributed by atoms with Gasteiger partial charge in [0, 0.05) is 10.0 Å². The molecule has 1 N–H and O–H groups in total. The summed E-state index contributed by atoms with van der Waals surface area (Å²) in [6.45, 7) is 2.13. The molecule has 0 aliphatic heterocycles. The van der Waals surface area contributed by atoms with E-state index in [1.165, 1.54) is 19.3 Å². The third kappa shape index (κ3) is 3.97. The number of unbranched alkanes of at least 4 members (excludes halogenated alkanes) is 3. The lowest BCUT2D eigenvalue weighted by Gasteiger charge is -2.08. The highest BCUT2D eigenvalue weighted by Gasteiger charge is 2.06. The van der Waals surface area contributed by atoms with Gasteiger partial charge in [0.15, 0.2) is 0 Å². The maximum atomic E-state index is 9.04. The van der Waals surface area contributed by atoms with Gasteiger partial charge in [-0.15, -0.1) is 0 Å². The maximum absolute atomic E-state index is 9.04. The molecule has 0 aromatic heterocycles. The van der Waals surface area contributed by atoms with Crippen molar-refractivity contribution in [1.82, 2.24) is 0 Å². The van der Waals surface area contributed by atoms with Crippen LogP contribution in [-0.4, -0.2) is 5.11 Å². The number of aliphatic hydroxyl groups excluding tert-OH is 1. The third-order valence-corrected chi connectivity index (χ3v) is 3.39. The van der Waals surface area contributed by atoms with E-state index >= 15 is 0 Å². The second-order valence-electron chi connectivity index (χ2n) is 4.00. The predicted molar refractivity (Wildman–Crippen MR) is 70.2 cm³/mol. The van der Waals surface area contributed by atoms with Gasteiger partial charge in [-0.3, -0.25) is 0 Å². The lowest BCUT2D eigenvalue weighted by atomic mass is 10.0. The van der Waals surface area contributed by atoms with Crippen molar-refractivity contribution in [1.29, 1.82) is 0 Å². The largest absolute Gasteiger partial charge is 0.392 e. The van der Waals surface area contributed by atoms with Crippen LogP contribution in [0.25, 0.3) is 0 Å². The molecule has 0 amide bonds. The zero-order chi connectivity index (χ0) is 12.0. The standard InChI is InChI=1S/C13H18Cl2O/c1-2-3-4-5-6-10-7-13(15)11(9-16)8-12(10)14/h7-8,16H,2-6,9H2,1H3. The molecule has 0 atom stereocenters. The minimum absolute atomic E-state index is 0.0608. The molecule has 1 aromatic rings. The van der Waals surface area contributed by atoms with Crippen molar-refractivity contribution in [3.63, 3.8) is 0 Å². The number of benzene rings is 1. The topological polar surface area (TPSA) is 20.2 Å². The van der Waals surface area contributed by atoms with Crippen LogP contribution in [0.15, 0.2) is 12.1 Å². The Kier molecular flexibility index (Phi) is 6.18. The van der Waals surface area contributed by atoms with Crippen molar-refractivity contribution in [3.05, 3.63) is 33.3 Å². The van der Waals surface area contributed by atoms with E-state index in [2.05, 4.69) is 6.92 Å². The number of aryl methyl sites for hydroxylation is 1. The van der Waals surface area contributed by atoms with E-state index in [0.29, 0.717) is 15.6 Å². The van der Waals surface area contributed by atoms with Gasteiger partial charge in [0.1, 0.15) is 0 Å². The summed E-state index contributed by atoms with van der Waals surface area (Å²) in [4.78, 5) is 0. The van der Waals surface area contributed by atoms with Crippen molar-refractivity contribution < 1.29 is 5.11 Å². The van der Waals surface area contributed by atoms with E-state index in [0.717, 1.165) is 18.4 Å². The molecule has 0 unspecified atom stereocenters. The average molecular weight is 261 g/mol. The molecule has 0 heterocycles. The van der Waals surface area contributed by atoms with Crippen LogP contribution in [0.3, 0.4) is 0 Å². The van der Waals surface area contributed by atoms with Crippen molar-refractivity contribution in [2.24, 2.45) is 0 Å². The minimum atomic E-state index is -0.0608. The number of rotatable bonds is 6. The second kappa shape index (κ2) is 7.16. The Morgan fingerprint density at radius 2 is 1.62 bits per heavy atom. The fourth-order valence-corrected chi connectivity index (χ4v) is 2.21. The van der Waals surface area contributed by atoms with Crippen LogP contribution in [0.2, 0.25) is 10.0 Å². The molecule has 0 aliphatic carbocycles. The Labute approximate surface area is 107 Å². The van der Waals surface area contributed by atoms with E-state index in [-0.39, 0.29) is 6.61 Å². The quantitative estimate of drug-likeness (QED) is 0.741. The normalized spacial score (nSPS) is 10.8. The molecule has 0 bridgehead atoms. The molecule has 1 aromatic carbocycles. The monoisotopic (exact) mass is 260 g/mol. The van der Waals surface area contributed by atoms with Gasteiger partial charge in [-0.05, 0) is 36.1 Å². The van der Waals surface area contributed by atoms with Gasteiger partial charge in [-0.1, -0.05) is 49.4 Å². The number of hydrogen-bond acceptors (Lipinski definition) is 1. The molecule has 0 saturated carbocycles. The van der Waals surface area contributed by atoms with Crippen molar-refractivity contribution >= 4 is 23.2 Å². The summed E-state index contributed by atoms with van der Waals surface area (Å²) in [5, 5.41) is 10.4. The van der Waals surface area contributed by atoms with Crippen LogP contribution in [0, 0.1) is 0 Å². The van der Waals surface area contributed by atoms with Crippen LogP contribution in [0.1, 0.15) is 43.7 Å². The molecular weight excluding hydrogens is 243 g/mol. The maximum Gasteiger partial charge on any atom is 0.0696 e. The highest BCUT2D eigenvalue weighted by Crippen LogP contribution is 2.26. The number of halogens is 2. The zero-order valence-corrected chi connectivity index (χ0v) is 11.1. The van der Waals surface area contributed by atoms with E-state index in [9.17, 15) is 0 Å². The van der Waals surface area contributed by atoms with E-state index < -0.39 is 0 Å². The fourth-order valence-electron chi connectivity index (χ4n) is 1.68. The summed E-state index contributed by atoms with van der Waals surface area (Å²) in [6.07, 6.45) is 5.83. The van der Waals surface area contributed by atoms with E-state index in [4.69, 9.17) is 28.3 Å². The molecule has 3 heteroatoms. The molecule has 0 fully saturated rings. The summed E-state index contributed by atoms with van der Waals surface area (Å²) >= 11 is 12.1. The summed E-state index contributed by atoms with van der Waals surface area (Å²) < 4.78 is 0. The molecule has 0 saturated heterocycles. The van der Waals surface area contributed by atoms with Crippen LogP contribution in [0.4, 0.5) is 0 Å². The van der Waals surface area contributed by atoms with Crippen LogP contribution >= 0.6 is 23.2 Å². The summed E-state index contributed by atoms with van der Waals surface area (Å²) in [5.41, 5.74) is 1.78. The first-order chi connectivity index (χ1) is 7.69. The molecule has 90 valence electrons. The molecule has 0 spiro atoms. The van der Waals surface area contributed by atoms with Gasteiger partial charge in [0.2, 0.25) is 0 Å². The first-order valence-corrected chi connectivity index (χ1v) is 6.52. The Morgan fingerprint density at radius 3 is 2.25 bits per heavy atom. The van der Waals surface area contributed by atoms with Crippen molar-refractivity contribution in [2.75, 3.05) is 0 Å². The predicted octanol–water partition coefficient (Wildman–Crippen LogP) is 4.61. The van der Waals surface area contributed by atoms with Gasteiger partial charge in [-0.2, -0.15) is 0 Å². The van der Waals surface area contributed by atoms with E-state index in [1.54, 1.807) is 6.07 Å². The Hall–Kier alpha value is -0.240. The lowest BCUT2D eigenvalue weighted by molar-refractivity contribution is 0.282. The van der Waals surface area contributed by atoms with Crippen molar-refractivity contribution in [3.8, 4) is 0 Å². The fraction of sp³-hybridized carbons (Fsp3) is 0.538. The average Bonchev–Trinajstić information content (AvgIpc) is 2.28. The second-order valence-corrected chi connectivity index (χ2v) is 4.82. The third-order valence-electron chi connectivity index (χ3n) is 2.69. The number of aliphatic hydroxyl groups is 1. The number of hydrogen-bond donors (Lipinski definition) is 1. The smallest absolute Gasteiger partial charge is 0.0696 e. The first kappa shape index (κ1) is 13.8. The highest BCUT2D eigenvalue weighted by molar-refractivity contribution is 6.34. The summed E-state index contributed by atoms with van der Waals surface area (Å²) in [5.74, 6) is 0. The van der Waals surface area contributed by atoms with Gasteiger partial charge in [0.05, 0.1) is 6.61 Å². The molecule has 16 heavy (non-hydrogen) atoms. The molecule has 0 aliphatic rings. The van der Waals surface area contributed by atoms with Gasteiger partial charge in [0.25, 0.3) is 0 Å². The highest BCUT2D eigenvalue weighted by atomic mass is 35.5. The first-order valence-electron chi connectivity index (χ1n) is 5.76. The van der Waals surface area contributed by atoms with Crippen LogP contribution in [0.5, 0.6) is 0 Å². The SMILES string of the molecule is CCCCCCc1cc(Cl)c(CO)cc1Cl. The van der Waals surface area contributed by atoms with E-state index in [1.807, 2.05) is 6.07 Å². The Bertz CT molecular complexity index is 337. The molecule has 0 radical (unpaired) electrons.